The largest absolute Gasteiger partial charge is 0.269 e. The average molecular weight is 319 g/mol. The topological polar surface area (TPSA) is 0 Å². The fraction of sp³-hybridized carbons (Fsp3) is 0.333. The van der Waals surface area contributed by atoms with E-state index >= 15 is 0 Å². The summed E-state index contributed by atoms with van der Waals surface area (Å²) in [5.41, 5.74) is 1.40. The molecule has 1 rings (SSSR count). The molecule has 0 nitrogen and oxygen atoms in total. The third kappa shape index (κ3) is 8.14. The molecule has 60 valence electrons. The van der Waals surface area contributed by atoms with E-state index in [-0.39, 0.29) is 40.0 Å². The second-order valence-corrected chi connectivity index (χ2v) is 1.59. The number of hydrogen-bond acceptors (Lipinski definition) is 0. The van der Waals surface area contributed by atoms with Gasteiger partial charge in [-0.25, -0.2) is 0 Å². The van der Waals surface area contributed by atoms with Gasteiger partial charge in [-0.2, -0.15) is 0 Å². The van der Waals surface area contributed by atoms with Crippen molar-refractivity contribution in [3.05, 3.63) is 23.8 Å². The Bertz CT molecular complexity index is 107. The van der Waals surface area contributed by atoms with Crippen LogP contribution in [0.3, 0.4) is 0 Å². The van der Waals surface area contributed by atoms with Crippen LogP contribution >= 0.6 is 0 Å². The maximum absolute atomic E-state index is 2.21. The summed E-state index contributed by atoms with van der Waals surface area (Å²) in [6.07, 6.45) is 7.65. The number of hydrogen-bond donors (Lipinski definition) is 0. The minimum Gasteiger partial charge on any atom is -0.269 e. The molecular weight excluding hydrogens is 308 g/mol. The van der Waals surface area contributed by atoms with Crippen molar-refractivity contribution in [2.45, 2.75) is 13.3 Å². The summed E-state index contributed by atoms with van der Waals surface area (Å²) in [5, 5.41) is 0. The van der Waals surface area contributed by atoms with Crippen LogP contribution in [0.5, 0.6) is 0 Å². The Labute approximate surface area is 77.3 Å². The molecule has 0 fully saturated rings. The third-order valence-electron chi connectivity index (χ3n) is 0.957. The molecule has 0 aromatic carbocycles. The van der Waals surface area contributed by atoms with E-state index in [1.54, 1.807) is 0 Å². The predicted molar refractivity (Wildman–Crippen MR) is 35.0 cm³/mol. The Morgan fingerprint density at radius 3 is 1.80 bits per heavy atom. The first kappa shape index (κ1) is 22.5. The van der Waals surface area contributed by atoms with Crippen molar-refractivity contribution in [2.75, 3.05) is 0 Å². The average Bonchev–Trinajstić information content (AvgIpc) is 1.86. The molecule has 0 amide bonds. The zero-order valence-electron chi connectivity index (χ0n) is 5.66. The first-order valence-electron chi connectivity index (χ1n) is 2.23. The standard InChI is InChI=1S/C6H8.3FH.Hf/c1-6-4-2-3-5-6;;;;/h2,4-5H,3H2,1H3;3*1H;. The molecular formula is C6H11F3Hf. The fourth-order valence-electron chi connectivity index (χ4n) is 0.576. The van der Waals surface area contributed by atoms with Gasteiger partial charge in [0.25, 0.3) is 0 Å². The maximum atomic E-state index is 2.21. The van der Waals surface area contributed by atoms with Crippen LogP contribution in [0.15, 0.2) is 23.8 Å². The van der Waals surface area contributed by atoms with Crippen LogP contribution in [0.1, 0.15) is 13.3 Å². The molecule has 0 aromatic rings. The van der Waals surface area contributed by atoms with Crippen molar-refractivity contribution in [1.29, 1.82) is 0 Å². The van der Waals surface area contributed by atoms with Crippen LogP contribution in [-0.2, 0) is 25.8 Å². The van der Waals surface area contributed by atoms with Gasteiger partial charge in [0.15, 0.2) is 0 Å². The summed E-state index contributed by atoms with van der Waals surface area (Å²) in [4.78, 5) is 0. The van der Waals surface area contributed by atoms with E-state index in [0.29, 0.717) is 0 Å². The van der Waals surface area contributed by atoms with Crippen molar-refractivity contribution in [3.63, 3.8) is 0 Å². The molecule has 0 spiro atoms. The molecule has 10 heavy (non-hydrogen) atoms. The van der Waals surface area contributed by atoms with Crippen LogP contribution < -0.4 is 0 Å². The third-order valence-corrected chi connectivity index (χ3v) is 0.957. The Morgan fingerprint density at radius 2 is 1.70 bits per heavy atom. The Hall–Kier alpha value is 0.140. The molecule has 0 unspecified atom stereocenters. The number of allylic oxidation sites excluding steroid dienone is 4. The van der Waals surface area contributed by atoms with Crippen LogP contribution in [-0.4, -0.2) is 0 Å². The summed E-state index contributed by atoms with van der Waals surface area (Å²) in [6, 6.07) is 0. The van der Waals surface area contributed by atoms with E-state index in [1.807, 2.05) is 0 Å². The van der Waals surface area contributed by atoms with E-state index in [9.17, 15) is 0 Å². The monoisotopic (exact) mass is 320 g/mol. The van der Waals surface area contributed by atoms with Gasteiger partial charge in [-0.15, -0.1) is 0 Å². The van der Waals surface area contributed by atoms with Crippen molar-refractivity contribution in [3.8, 4) is 0 Å². The summed E-state index contributed by atoms with van der Waals surface area (Å²) >= 11 is 0. The van der Waals surface area contributed by atoms with E-state index in [1.165, 1.54) is 5.57 Å². The number of rotatable bonds is 0. The zero-order chi connectivity index (χ0) is 4.41. The van der Waals surface area contributed by atoms with Gasteiger partial charge in [0, 0.05) is 25.8 Å². The molecule has 0 bridgehead atoms. The van der Waals surface area contributed by atoms with Gasteiger partial charge in [-0.1, -0.05) is 23.8 Å². The van der Waals surface area contributed by atoms with Crippen molar-refractivity contribution in [1.82, 2.24) is 0 Å². The summed E-state index contributed by atoms with van der Waals surface area (Å²) < 4.78 is 0. The predicted octanol–water partition coefficient (Wildman–Crippen LogP) is 2.35. The SMILES string of the molecule is CC1=CCC=C1.F.F.F.[Hf]. The van der Waals surface area contributed by atoms with Gasteiger partial charge in [0.1, 0.15) is 0 Å². The second-order valence-electron chi connectivity index (χ2n) is 1.59. The van der Waals surface area contributed by atoms with Gasteiger partial charge >= 0.3 is 0 Å². The van der Waals surface area contributed by atoms with Crippen molar-refractivity contribution >= 4 is 0 Å². The zero-order valence-corrected chi connectivity index (χ0v) is 9.26. The normalized spacial score (nSPS) is 11.1. The Kier molecular flexibility index (Phi) is 26.7. The summed E-state index contributed by atoms with van der Waals surface area (Å²) in [7, 11) is 0. The molecule has 0 heterocycles. The summed E-state index contributed by atoms with van der Waals surface area (Å²) in [5.74, 6) is 0. The molecule has 0 saturated carbocycles. The summed E-state index contributed by atoms with van der Waals surface area (Å²) in [6.45, 7) is 2.11. The first-order chi connectivity index (χ1) is 2.89. The molecule has 0 N–H and O–H groups in total. The second kappa shape index (κ2) is 11.9. The molecule has 0 aliphatic heterocycles. The van der Waals surface area contributed by atoms with Crippen molar-refractivity contribution in [2.24, 2.45) is 0 Å². The van der Waals surface area contributed by atoms with E-state index < -0.39 is 0 Å². The Balaban J connectivity index is -0.0000000450. The Morgan fingerprint density at radius 1 is 1.20 bits per heavy atom. The quantitative estimate of drug-likeness (QED) is 0.602. The molecule has 0 aromatic heterocycles. The van der Waals surface area contributed by atoms with E-state index in [4.69, 9.17) is 0 Å². The minimum absolute atomic E-state index is 0. The van der Waals surface area contributed by atoms with Crippen LogP contribution in [0.2, 0.25) is 0 Å². The minimum atomic E-state index is 0. The maximum Gasteiger partial charge on any atom is 0 e. The molecule has 0 saturated heterocycles. The van der Waals surface area contributed by atoms with Gasteiger partial charge in [0.2, 0.25) is 0 Å². The molecule has 0 radical (unpaired) electrons. The van der Waals surface area contributed by atoms with Crippen LogP contribution in [0.25, 0.3) is 0 Å². The fourth-order valence-corrected chi connectivity index (χ4v) is 0.576. The molecule has 1 aliphatic carbocycles. The van der Waals surface area contributed by atoms with E-state index in [0.717, 1.165) is 6.42 Å². The molecule has 1 aliphatic rings. The van der Waals surface area contributed by atoms with Crippen LogP contribution in [0.4, 0.5) is 14.1 Å². The first-order valence-corrected chi connectivity index (χ1v) is 2.23. The molecule has 0 atom stereocenters. The van der Waals surface area contributed by atoms with Gasteiger partial charge in [0.05, 0.1) is 0 Å². The molecule has 4 heteroatoms. The van der Waals surface area contributed by atoms with Crippen molar-refractivity contribution < 1.29 is 40.0 Å². The van der Waals surface area contributed by atoms with Gasteiger partial charge in [-0.3, -0.25) is 14.1 Å². The smallest absolute Gasteiger partial charge is 0 e. The van der Waals surface area contributed by atoms with E-state index in [2.05, 4.69) is 25.2 Å². The number of halogens is 3. The van der Waals surface area contributed by atoms with Gasteiger partial charge in [-0.05, 0) is 13.3 Å². The van der Waals surface area contributed by atoms with Crippen LogP contribution in [0, 0.1) is 0 Å². The van der Waals surface area contributed by atoms with Gasteiger partial charge < -0.3 is 0 Å².